The van der Waals surface area contributed by atoms with Crippen LogP contribution in [0.3, 0.4) is 0 Å². The highest BCUT2D eigenvalue weighted by molar-refractivity contribution is 6.01. The zero-order valence-corrected chi connectivity index (χ0v) is 8.91. The molecular formula is C12H12N2O2. The van der Waals surface area contributed by atoms with Gasteiger partial charge in [0.15, 0.2) is 0 Å². The van der Waals surface area contributed by atoms with Crippen molar-refractivity contribution in [2.75, 3.05) is 6.54 Å². The molecule has 0 saturated carbocycles. The number of carbonyl (C=O) groups excluding carboxylic acids is 2. The number of nitrogens with two attached hydrogens (primary N) is 1. The maximum absolute atomic E-state index is 11.6. The first-order valence-electron chi connectivity index (χ1n) is 4.69. The molecule has 82 valence electrons. The first-order chi connectivity index (χ1) is 7.57. The van der Waals surface area contributed by atoms with Gasteiger partial charge < -0.3 is 11.1 Å². The zero-order valence-electron chi connectivity index (χ0n) is 8.91. The van der Waals surface area contributed by atoms with E-state index in [1.54, 1.807) is 25.1 Å². The molecule has 0 unspecified atom stereocenters. The Kier molecular flexibility index (Phi) is 3.67. The van der Waals surface area contributed by atoms with E-state index in [9.17, 15) is 9.59 Å². The number of hydrogen-bond acceptors (Lipinski definition) is 2. The van der Waals surface area contributed by atoms with Crippen molar-refractivity contribution in [2.45, 2.75) is 6.92 Å². The van der Waals surface area contributed by atoms with Crippen LogP contribution in [-0.4, -0.2) is 18.4 Å². The molecule has 1 aromatic rings. The van der Waals surface area contributed by atoms with Crippen LogP contribution in [0.25, 0.3) is 0 Å². The van der Waals surface area contributed by atoms with E-state index in [1.807, 2.05) is 0 Å². The Balaban J connectivity index is 3.07. The molecule has 16 heavy (non-hydrogen) atoms. The van der Waals surface area contributed by atoms with Crippen LogP contribution in [0.5, 0.6) is 0 Å². The molecule has 4 heteroatoms. The number of nitrogens with one attached hydrogen (secondary N) is 1. The van der Waals surface area contributed by atoms with Gasteiger partial charge in [-0.1, -0.05) is 12.0 Å². The lowest BCUT2D eigenvalue weighted by Crippen LogP contribution is -2.25. The molecule has 1 rings (SSSR count). The summed E-state index contributed by atoms with van der Waals surface area (Å²) in [6, 6.07) is 4.81. The molecular weight excluding hydrogens is 204 g/mol. The fourth-order valence-electron chi connectivity index (χ4n) is 1.38. The number of primary amides is 1. The van der Waals surface area contributed by atoms with Crippen molar-refractivity contribution in [1.82, 2.24) is 5.32 Å². The summed E-state index contributed by atoms with van der Waals surface area (Å²) in [7, 11) is 0. The zero-order chi connectivity index (χ0) is 12.1. The van der Waals surface area contributed by atoms with Gasteiger partial charge in [0.1, 0.15) is 0 Å². The number of amides is 2. The van der Waals surface area contributed by atoms with E-state index >= 15 is 0 Å². The SMILES string of the molecule is C#CCNC(=O)c1cccc(C(N)=O)c1C. The second-order valence-electron chi connectivity index (χ2n) is 3.23. The maximum Gasteiger partial charge on any atom is 0.252 e. The third kappa shape index (κ3) is 2.39. The highest BCUT2D eigenvalue weighted by Gasteiger charge is 2.13. The van der Waals surface area contributed by atoms with Crippen LogP contribution >= 0.6 is 0 Å². The first-order valence-corrected chi connectivity index (χ1v) is 4.69. The molecule has 0 saturated heterocycles. The van der Waals surface area contributed by atoms with Crippen LogP contribution in [0.4, 0.5) is 0 Å². The van der Waals surface area contributed by atoms with E-state index in [4.69, 9.17) is 12.2 Å². The Morgan fingerprint density at radius 1 is 1.44 bits per heavy atom. The van der Waals surface area contributed by atoms with Gasteiger partial charge in [-0.15, -0.1) is 6.42 Å². The van der Waals surface area contributed by atoms with Crippen molar-refractivity contribution >= 4 is 11.8 Å². The molecule has 2 amide bonds. The van der Waals surface area contributed by atoms with Gasteiger partial charge in [0.05, 0.1) is 6.54 Å². The maximum atomic E-state index is 11.6. The quantitative estimate of drug-likeness (QED) is 0.720. The number of rotatable bonds is 3. The molecule has 0 aliphatic carbocycles. The van der Waals surface area contributed by atoms with E-state index in [-0.39, 0.29) is 12.5 Å². The van der Waals surface area contributed by atoms with Gasteiger partial charge in [0.25, 0.3) is 5.91 Å². The van der Waals surface area contributed by atoms with Crippen molar-refractivity contribution in [3.63, 3.8) is 0 Å². The van der Waals surface area contributed by atoms with Crippen LogP contribution in [0.2, 0.25) is 0 Å². The van der Waals surface area contributed by atoms with Crippen molar-refractivity contribution < 1.29 is 9.59 Å². The lowest BCUT2D eigenvalue weighted by molar-refractivity contribution is 0.0958. The van der Waals surface area contributed by atoms with Crippen LogP contribution in [-0.2, 0) is 0 Å². The molecule has 0 heterocycles. The van der Waals surface area contributed by atoms with Gasteiger partial charge in [0.2, 0.25) is 5.91 Å². The second-order valence-corrected chi connectivity index (χ2v) is 3.23. The fraction of sp³-hybridized carbons (Fsp3) is 0.167. The highest BCUT2D eigenvalue weighted by Crippen LogP contribution is 2.13. The van der Waals surface area contributed by atoms with Crippen LogP contribution in [0.15, 0.2) is 18.2 Å². The van der Waals surface area contributed by atoms with Crippen molar-refractivity contribution in [2.24, 2.45) is 5.73 Å². The van der Waals surface area contributed by atoms with Crippen LogP contribution < -0.4 is 11.1 Å². The third-order valence-corrected chi connectivity index (χ3v) is 2.19. The molecule has 0 fully saturated rings. The summed E-state index contributed by atoms with van der Waals surface area (Å²) in [5.41, 5.74) is 6.49. The Hall–Kier alpha value is -2.28. The monoisotopic (exact) mass is 216 g/mol. The second kappa shape index (κ2) is 4.99. The summed E-state index contributed by atoms with van der Waals surface area (Å²) in [6.45, 7) is 1.82. The lowest BCUT2D eigenvalue weighted by atomic mass is 10.0. The summed E-state index contributed by atoms with van der Waals surface area (Å²) in [5.74, 6) is 1.44. The van der Waals surface area contributed by atoms with Gasteiger partial charge >= 0.3 is 0 Å². The van der Waals surface area contributed by atoms with Gasteiger partial charge in [-0.25, -0.2) is 0 Å². The normalized spacial score (nSPS) is 9.25. The van der Waals surface area contributed by atoms with Crippen molar-refractivity contribution in [3.05, 3.63) is 34.9 Å². The number of carbonyl (C=O) groups is 2. The largest absolute Gasteiger partial charge is 0.366 e. The Morgan fingerprint density at radius 3 is 2.62 bits per heavy atom. The predicted molar refractivity (Wildman–Crippen MR) is 60.9 cm³/mol. The molecule has 0 radical (unpaired) electrons. The predicted octanol–water partition coefficient (Wildman–Crippen LogP) is 0.457. The van der Waals surface area contributed by atoms with Gasteiger partial charge in [-0.05, 0) is 24.6 Å². The summed E-state index contributed by atoms with van der Waals surface area (Å²) in [6.07, 6.45) is 5.03. The minimum absolute atomic E-state index is 0.152. The average Bonchev–Trinajstić information content (AvgIpc) is 2.25. The smallest absolute Gasteiger partial charge is 0.252 e. The van der Waals surface area contributed by atoms with E-state index in [1.165, 1.54) is 0 Å². The molecule has 0 aliphatic heterocycles. The lowest BCUT2D eigenvalue weighted by Gasteiger charge is -2.08. The summed E-state index contributed by atoms with van der Waals surface area (Å²) >= 11 is 0. The van der Waals surface area contributed by atoms with E-state index in [0.717, 1.165) is 0 Å². The Morgan fingerprint density at radius 2 is 2.06 bits per heavy atom. The van der Waals surface area contributed by atoms with Crippen molar-refractivity contribution in [1.29, 1.82) is 0 Å². The molecule has 1 aromatic carbocycles. The van der Waals surface area contributed by atoms with Crippen molar-refractivity contribution in [3.8, 4) is 12.3 Å². The third-order valence-electron chi connectivity index (χ3n) is 2.19. The number of hydrogen-bond donors (Lipinski definition) is 2. The number of benzene rings is 1. The van der Waals surface area contributed by atoms with Crippen LogP contribution in [0.1, 0.15) is 26.3 Å². The molecule has 3 N–H and O–H groups in total. The minimum Gasteiger partial charge on any atom is -0.366 e. The highest BCUT2D eigenvalue weighted by atomic mass is 16.2. The van der Waals surface area contributed by atoms with Gasteiger partial charge in [-0.3, -0.25) is 9.59 Å². The fourth-order valence-corrected chi connectivity index (χ4v) is 1.38. The number of terminal acetylenes is 1. The minimum atomic E-state index is -0.552. The molecule has 0 bridgehead atoms. The topological polar surface area (TPSA) is 72.2 Å². The molecule has 0 aromatic heterocycles. The van der Waals surface area contributed by atoms with Gasteiger partial charge in [0, 0.05) is 11.1 Å². The summed E-state index contributed by atoms with van der Waals surface area (Å²) in [5, 5.41) is 2.53. The summed E-state index contributed by atoms with van der Waals surface area (Å²) < 4.78 is 0. The van der Waals surface area contributed by atoms with E-state index < -0.39 is 5.91 Å². The van der Waals surface area contributed by atoms with E-state index in [2.05, 4.69) is 11.2 Å². The van der Waals surface area contributed by atoms with E-state index in [0.29, 0.717) is 16.7 Å². The summed E-state index contributed by atoms with van der Waals surface area (Å²) in [4.78, 5) is 22.7. The standard InChI is InChI=1S/C12H12N2O2/c1-3-7-14-12(16)10-6-4-5-9(8(10)2)11(13)15/h1,4-6H,7H2,2H3,(H2,13,15)(H,14,16). The Bertz CT molecular complexity index is 472. The molecule has 4 nitrogen and oxygen atoms in total. The first kappa shape index (κ1) is 11.8. The van der Waals surface area contributed by atoms with Gasteiger partial charge in [-0.2, -0.15) is 0 Å². The Labute approximate surface area is 93.8 Å². The average molecular weight is 216 g/mol. The molecule has 0 spiro atoms. The van der Waals surface area contributed by atoms with Crippen LogP contribution in [0, 0.1) is 19.3 Å². The molecule has 0 atom stereocenters. The molecule has 0 aliphatic rings.